The van der Waals surface area contributed by atoms with E-state index in [0.717, 1.165) is 39.9 Å². The first-order valence-electron chi connectivity index (χ1n) is 30.4. The minimum absolute atomic E-state index is 0.0276. The molecule has 2 aliphatic rings. The summed E-state index contributed by atoms with van der Waals surface area (Å²) in [6.07, 6.45) is 12.4. The second-order valence-corrected chi connectivity index (χ2v) is 40.7. The van der Waals surface area contributed by atoms with Crippen LogP contribution in [0.2, 0.25) is 51.4 Å². The number of allylic oxidation sites excluding steroid dienone is 8. The fourth-order valence-electron chi connectivity index (χ4n) is 9.80. The molecule has 2 aromatic rings. The molecule has 0 saturated carbocycles. The van der Waals surface area contributed by atoms with E-state index >= 15 is 0 Å². The minimum Gasteiger partial charge on any atom is -0.507 e. The lowest BCUT2D eigenvalue weighted by Crippen LogP contribution is -2.34. The van der Waals surface area contributed by atoms with Gasteiger partial charge in [0.2, 0.25) is 0 Å². The molecule has 0 bridgehead atoms. The molecule has 2 aliphatic heterocycles. The van der Waals surface area contributed by atoms with Crippen molar-refractivity contribution in [3.05, 3.63) is 92.1 Å². The molecule has 504 valence electrons. The van der Waals surface area contributed by atoms with Crippen LogP contribution in [0.15, 0.2) is 47.6 Å². The number of esters is 5. The highest BCUT2D eigenvalue weighted by molar-refractivity contribution is 7.57. The first-order valence-corrected chi connectivity index (χ1v) is 41.5. The number of cyclic esters (lactones) is 2. The number of fused-ring (bicyclic) bond motifs is 2. The minimum atomic E-state index is -3.39. The van der Waals surface area contributed by atoms with Crippen molar-refractivity contribution in [3.8, 4) is 23.0 Å². The molecule has 90 heavy (non-hydrogen) atoms. The molecular formula is C64H100N2O20P2Si2. The van der Waals surface area contributed by atoms with E-state index in [1.54, 1.807) is 66.0 Å². The van der Waals surface area contributed by atoms with Crippen molar-refractivity contribution in [1.82, 2.24) is 10.2 Å². The van der Waals surface area contributed by atoms with Crippen LogP contribution in [-0.4, -0.2) is 141 Å². The third kappa shape index (κ3) is 24.0. The van der Waals surface area contributed by atoms with E-state index < -0.39 is 85.0 Å². The molecule has 2 aromatic carbocycles. The molecular weight excluding hydrogens is 1230 g/mol. The van der Waals surface area contributed by atoms with E-state index in [-0.39, 0.29) is 75.3 Å². The van der Waals surface area contributed by atoms with Gasteiger partial charge in [0.05, 0.1) is 64.8 Å². The summed E-state index contributed by atoms with van der Waals surface area (Å²) in [7, 11) is -3.90. The molecule has 0 fully saturated rings. The van der Waals surface area contributed by atoms with E-state index in [1.807, 2.05) is 26.0 Å². The summed E-state index contributed by atoms with van der Waals surface area (Å²) >= 11 is 0. The zero-order valence-corrected chi connectivity index (χ0v) is 60.0. The van der Waals surface area contributed by atoms with Crippen molar-refractivity contribution in [1.29, 1.82) is 0 Å². The number of benzene rings is 2. The number of hydrogen-bond donors (Lipinski definition) is 4. The number of rotatable bonds is 37. The van der Waals surface area contributed by atoms with Crippen molar-refractivity contribution < 1.29 is 95.1 Å². The summed E-state index contributed by atoms with van der Waals surface area (Å²) in [6, 6.07) is 0.145. The van der Waals surface area contributed by atoms with Gasteiger partial charge in [-0.05, 0) is 117 Å². The van der Waals surface area contributed by atoms with Crippen LogP contribution in [0.4, 0.5) is 0 Å². The lowest BCUT2D eigenvalue weighted by Gasteiger charge is -2.22. The number of carbonyl (C=O) groups is 6. The van der Waals surface area contributed by atoms with Gasteiger partial charge >= 0.3 is 35.8 Å². The number of nitrogens with one attached hydrogen (secondary N) is 2. The van der Waals surface area contributed by atoms with E-state index in [1.165, 1.54) is 28.3 Å². The Labute approximate surface area is 534 Å². The van der Waals surface area contributed by atoms with Gasteiger partial charge in [-0.3, -0.25) is 28.3 Å². The first-order chi connectivity index (χ1) is 42.1. The fourth-order valence-corrected chi connectivity index (χ4v) is 14.2. The number of carbonyl (C=O) groups excluding carboxylic acids is 5. The maximum Gasteiger partial charge on any atom is 0.342 e. The number of ether oxygens (including phenoxy) is 8. The zero-order chi connectivity index (χ0) is 67.9. The topological polar surface area (TPSA) is 293 Å². The standard InChI is InChI=1S/C37H62NO10PSi2.C27H38NO10P/c1-13-45-35(39)28(4)38-49(42,44-6)21-15-14-16-29(36(40)47-20-23-51(10,11)12)24-26(2)17-18-30-33(43-5)27(3)31-25-48-37(41)32(31)34(30)46-19-22-50(7,8)9;1-7-37-26(32)18(4)28-39(34,36-6)13-9-8-10-19(25(30)31)14-16(2)11-12-20-23(29)22-21(15-38-27(22)33)17(3)24(20)35-5/h14-15,17,28-29H,13,16,18-25H2,1-12H3,(H,38,42);8-9,11,18-19,29H,7,10,12-15H2,1-6H3,(H,28,34)(H,30,31)/b15-14+,26-17+;9-8+,16-11+/t28-,29?,49?;18-,19?,39?/m00/s1. The second-order valence-electron chi connectivity index (χ2n) is 24.8. The Bertz CT molecular complexity index is 3070. The molecule has 0 aliphatic carbocycles. The van der Waals surface area contributed by atoms with Crippen LogP contribution in [-0.2, 0) is 87.1 Å². The predicted octanol–water partition coefficient (Wildman–Crippen LogP) is 12.4. The third-order valence-corrected chi connectivity index (χ3v) is 22.6. The van der Waals surface area contributed by atoms with Crippen LogP contribution in [0.5, 0.6) is 23.0 Å². The molecule has 26 heteroatoms. The van der Waals surface area contributed by atoms with Crippen LogP contribution in [0, 0.1) is 25.7 Å². The highest BCUT2D eigenvalue weighted by Gasteiger charge is 2.35. The second kappa shape index (κ2) is 36.4. The summed E-state index contributed by atoms with van der Waals surface area (Å²) in [6.45, 7) is 29.0. The molecule has 0 spiro atoms. The number of hydrogen-bond acceptors (Lipinski definition) is 19. The average Bonchev–Trinajstić information content (AvgIpc) is 1.52. The highest BCUT2D eigenvalue weighted by atomic mass is 31.2. The molecule has 22 nitrogen and oxygen atoms in total. The molecule has 4 N–H and O–H groups in total. The first kappa shape index (κ1) is 78.4. The Morgan fingerprint density at radius 1 is 0.611 bits per heavy atom. The van der Waals surface area contributed by atoms with Crippen molar-refractivity contribution in [3.63, 3.8) is 0 Å². The van der Waals surface area contributed by atoms with Crippen LogP contribution in [0.3, 0.4) is 0 Å². The summed E-state index contributed by atoms with van der Waals surface area (Å²) in [5.41, 5.74) is 6.50. The summed E-state index contributed by atoms with van der Waals surface area (Å²) in [5.74, 6) is -3.12. The Morgan fingerprint density at radius 2 is 1.03 bits per heavy atom. The quantitative estimate of drug-likeness (QED) is 0.0161. The Balaban J connectivity index is 0.000000487. The number of aromatic hydroxyl groups is 1. The lowest BCUT2D eigenvalue weighted by atomic mass is 9.93. The van der Waals surface area contributed by atoms with Gasteiger partial charge in [-0.2, -0.15) is 0 Å². The van der Waals surface area contributed by atoms with E-state index in [9.17, 15) is 48.1 Å². The smallest absolute Gasteiger partial charge is 0.342 e. The summed E-state index contributed by atoms with van der Waals surface area (Å²) in [4.78, 5) is 74.2. The van der Waals surface area contributed by atoms with Crippen molar-refractivity contribution in [2.24, 2.45) is 11.8 Å². The number of carboxylic acid groups (broad SMARTS) is 1. The molecule has 0 saturated heterocycles. The molecule has 0 radical (unpaired) electrons. The number of phenolic OH excluding ortho intramolecular Hbond substituents is 1. The van der Waals surface area contributed by atoms with Gasteiger partial charge in [-0.25, -0.2) is 19.8 Å². The average molecular weight is 1340 g/mol. The van der Waals surface area contributed by atoms with E-state index in [4.69, 9.17) is 46.9 Å². The fraction of sp³-hybridized carbons (Fsp3) is 0.594. The van der Waals surface area contributed by atoms with Gasteiger partial charge in [0.1, 0.15) is 59.4 Å². The largest absolute Gasteiger partial charge is 0.507 e. The maximum atomic E-state index is 13.4. The van der Waals surface area contributed by atoms with Crippen molar-refractivity contribution >= 4 is 67.0 Å². The maximum absolute atomic E-state index is 13.4. The summed E-state index contributed by atoms with van der Waals surface area (Å²) in [5, 5.41) is 25.9. The zero-order valence-electron chi connectivity index (χ0n) is 56.2. The number of phenols is 1. The van der Waals surface area contributed by atoms with Gasteiger partial charge in [0.25, 0.3) is 15.0 Å². The predicted molar refractivity (Wildman–Crippen MR) is 352 cm³/mol. The van der Waals surface area contributed by atoms with Gasteiger partial charge in [0.15, 0.2) is 0 Å². The molecule has 6 atom stereocenters. The monoisotopic (exact) mass is 1330 g/mol. The van der Waals surface area contributed by atoms with Crippen molar-refractivity contribution in [2.45, 2.75) is 171 Å². The Kier molecular flexibility index (Phi) is 31.7. The SMILES string of the molecule is CCOC(=O)[C@H](C)NP(=O)(C/C=C/CC(C/C(C)=C/Cc1c(O)c2c(c(C)c1OC)COC2=O)C(=O)O)OC.CCOC(=O)[C@H](C)NP(=O)(C/C=C/CC(C/C(C)=C/Cc1c(OC)c(C)c2c(c1OCC[Si](C)(C)C)C(=O)OC2)C(=O)OCC[Si](C)(C)C)OC. The molecule has 0 amide bonds. The van der Waals surface area contributed by atoms with E-state index in [2.05, 4.69) is 49.5 Å². The summed E-state index contributed by atoms with van der Waals surface area (Å²) < 4.78 is 80.5. The molecule has 0 aromatic heterocycles. The molecule has 2 heterocycles. The van der Waals surface area contributed by atoms with Crippen molar-refractivity contribution in [2.75, 3.05) is 67.2 Å². The molecule has 4 unspecified atom stereocenters. The Morgan fingerprint density at radius 3 is 1.48 bits per heavy atom. The number of aliphatic carboxylic acids is 1. The Hall–Kier alpha value is -5.85. The van der Waals surface area contributed by atoms with Crippen LogP contribution >= 0.6 is 15.0 Å². The number of methoxy groups -OCH3 is 2. The normalized spacial score (nSPS) is 16.1. The van der Waals surface area contributed by atoms with Crippen LogP contribution in [0.25, 0.3) is 0 Å². The third-order valence-electron chi connectivity index (χ3n) is 15.1. The van der Waals surface area contributed by atoms with Gasteiger partial charge in [0, 0.05) is 52.6 Å². The highest BCUT2D eigenvalue weighted by Crippen LogP contribution is 2.46. The lowest BCUT2D eigenvalue weighted by molar-refractivity contribution is -0.148. The number of carboxylic acids is 1. The van der Waals surface area contributed by atoms with Gasteiger partial charge < -0.3 is 57.2 Å². The van der Waals surface area contributed by atoms with Crippen LogP contribution < -0.4 is 24.4 Å². The van der Waals surface area contributed by atoms with E-state index in [0.29, 0.717) is 72.0 Å². The molecule has 4 rings (SSSR count). The van der Waals surface area contributed by atoms with Gasteiger partial charge in [-0.15, -0.1) is 0 Å². The van der Waals surface area contributed by atoms with Crippen LogP contribution in [0.1, 0.15) is 121 Å². The van der Waals surface area contributed by atoms with Gasteiger partial charge in [-0.1, -0.05) is 86.9 Å².